The van der Waals surface area contributed by atoms with E-state index in [-0.39, 0.29) is 18.9 Å². The number of carbonyl (C=O) groups is 2. The number of carbonyl (C=O) groups excluding carboxylic acids is 1. The van der Waals surface area contributed by atoms with Gasteiger partial charge in [0.1, 0.15) is 0 Å². The van der Waals surface area contributed by atoms with Crippen molar-refractivity contribution in [2.75, 3.05) is 6.54 Å². The normalized spacial score (nSPS) is 10.2. The topological polar surface area (TPSA) is 79.3 Å². The summed E-state index contributed by atoms with van der Waals surface area (Å²) in [6.45, 7) is 2.05. The summed E-state index contributed by atoms with van der Waals surface area (Å²) in [5, 5.41) is 14.0. The van der Waals surface area contributed by atoms with E-state index in [1.807, 2.05) is 18.4 Å². The van der Waals surface area contributed by atoms with Crippen LogP contribution < -0.4 is 5.32 Å². The van der Waals surface area contributed by atoms with Crippen molar-refractivity contribution >= 4 is 23.2 Å². The highest BCUT2D eigenvalue weighted by Gasteiger charge is 2.09. The molecule has 0 saturated carbocycles. The number of hydrogen-bond acceptors (Lipinski definition) is 4. The number of nitrogens with zero attached hydrogens (tertiary/aromatic N) is 1. The Kier molecular flexibility index (Phi) is 4.47. The molecule has 0 atom stereocenters. The number of aliphatic carboxylic acids is 1. The number of thiazole rings is 1. The molecule has 0 bridgehead atoms. The Labute approximate surface area is 120 Å². The van der Waals surface area contributed by atoms with Crippen LogP contribution in [0.5, 0.6) is 0 Å². The second-order valence-corrected chi connectivity index (χ2v) is 5.29. The van der Waals surface area contributed by atoms with Crippen molar-refractivity contribution in [2.45, 2.75) is 13.3 Å². The van der Waals surface area contributed by atoms with Crippen molar-refractivity contribution in [1.82, 2.24) is 10.3 Å². The Hall–Kier alpha value is -2.21. The van der Waals surface area contributed by atoms with Crippen LogP contribution in [0.15, 0.2) is 29.6 Å². The van der Waals surface area contributed by atoms with E-state index >= 15 is 0 Å². The Morgan fingerprint density at radius 1 is 1.40 bits per heavy atom. The van der Waals surface area contributed by atoms with Crippen LogP contribution in [0.25, 0.3) is 11.3 Å². The molecule has 0 radical (unpaired) electrons. The third kappa shape index (κ3) is 3.64. The van der Waals surface area contributed by atoms with Crippen molar-refractivity contribution in [3.8, 4) is 11.3 Å². The molecule has 0 aliphatic rings. The van der Waals surface area contributed by atoms with Crippen LogP contribution in [-0.2, 0) is 4.79 Å². The van der Waals surface area contributed by atoms with Crippen LogP contribution in [0.1, 0.15) is 21.8 Å². The molecule has 2 aromatic rings. The summed E-state index contributed by atoms with van der Waals surface area (Å²) in [7, 11) is 0. The fraction of sp³-hybridized carbons (Fsp3) is 0.214. The van der Waals surface area contributed by atoms with Crippen LogP contribution in [-0.4, -0.2) is 28.5 Å². The van der Waals surface area contributed by atoms with Crippen LogP contribution in [0.2, 0.25) is 0 Å². The molecule has 1 aromatic carbocycles. The number of nitrogens with one attached hydrogen (secondary N) is 1. The maximum absolute atomic E-state index is 11.9. The molecular formula is C14H14N2O3S. The second kappa shape index (κ2) is 6.29. The number of aromatic nitrogens is 1. The van der Waals surface area contributed by atoms with E-state index in [9.17, 15) is 9.59 Å². The molecule has 20 heavy (non-hydrogen) atoms. The molecule has 5 nitrogen and oxygen atoms in total. The lowest BCUT2D eigenvalue weighted by Gasteiger charge is -2.05. The molecule has 1 amide bonds. The highest BCUT2D eigenvalue weighted by atomic mass is 32.1. The van der Waals surface area contributed by atoms with E-state index in [0.29, 0.717) is 5.56 Å². The summed E-state index contributed by atoms with van der Waals surface area (Å²) >= 11 is 1.55. The van der Waals surface area contributed by atoms with Gasteiger partial charge in [0.2, 0.25) is 0 Å². The third-order valence-electron chi connectivity index (χ3n) is 2.66. The SMILES string of the molecule is Cc1nc(-c2cccc(C(=O)NCCC(=O)O)c2)cs1. The summed E-state index contributed by atoms with van der Waals surface area (Å²) < 4.78 is 0. The summed E-state index contributed by atoms with van der Waals surface area (Å²) in [5.41, 5.74) is 2.21. The Balaban J connectivity index is 2.09. The van der Waals surface area contributed by atoms with Gasteiger partial charge in [-0.2, -0.15) is 0 Å². The minimum atomic E-state index is -0.933. The Morgan fingerprint density at radius 2 is 2.20 bits per heavy atom. The third-order valence-corrected chi connectivity index (χ3v) is 3.44. The number of benzene rings is 1. The fourth-order valence-electron chi connectivity index (χ4n) is 1.70. The van der Waals surface area contributed by atoms with Gasteiger partial charge in [0.15, 0.2) is 0 Å². The van der Waals surface area contributed by atoms with E-state index in [0.717, 1.165) is 16.3 Å². The van der Waals surface area contributed by atoms with Gasteiger partial charge < -0.3 is 10.4 Å². The molecule has 104 valence electrons. The van der Waals surface area contributed by atoms with Gasteiger partial charge in [-0.3, -0.25) is 9.59 Å². The van der Waals surface area contributed by atoms with E-state index < -0.39 is 5.97 Å². The van der Waals surface area contributed by atoms with Crippen molar-refractivity contribution in [2.24, 2.45) is 0 Å². The van der Waals surface area contributed by atoms with Crippen LogP contribution in [0.3, 0.4) is 0 Å². The number of carboxylic acids is 1. The Bertz CT molecular complexity index is 637. The summed E-state index contributed by atoms with van der Waals surface area (Å²) in [6.07, 6.45) is -0.0866. The molecule has 0 fully saturated rings. The maximum Gasteiger partial charge on any atom is 0.305 e. The van der Waals surface area contributed by atoms with Gasteiger partial charge in [0.05, 0.1) is 17.1 Å². The molecule has 2 N–H and O–H groups in total. The minimum Gasteiger partial charge on any atom is -0.481 e. The quantitative estimate of drug-likeness (QED) is 0.885. The van der Waals surface area contributed by atoms with Crippen LogP contribution in [0, 0.1) is 6.92 Å². The van der Waals surface area contributed by atoms with E-state index in [1.54, 1.807) is 29.5 Å². The molecule has 1 heterocycles. The van der Waals surface area contributed by atoms with Gasteiger partial charge in [-0.05, 0) is 19.1 Å². The number of carboxylic acid groups (broad SMARTS) is 1. The van der Waals surface area contributed by atoms with Gasteiger partial charge in [0, 0.05) is 23.1 Å². The number of rotatable bonds is 5. The lowest BCUT2D eigenvalue weighted by atomic mass is 10.1. The van der Waals surface area contributed by atoms with Crippen molar-refractivity contribution in [3.05, 3.63) is 40.2 Å². The van der Waals surface area contributed by atoms with Gasteiger partial charge >= 0.3 is 5.97 Å². The van der Waals surface area contributed by atoms with Crippen molar-refractivity contribution in [3.63, 3.8) is 0 Å². The highest BCUT2D eigenvalue weighted by Crippen LogP contribution is 2.22. The van der Waals surface area contributed by atoms with Gasteiger partial charge in [-0.1, -0.05) is 12.1 Å². The number of amides is 1. The predicted molar refractivity (Wildman–Crippen MR) is 76.9 cm³/mol. The van der Waals surface area contributed by atoms with Crippen LogP contribution >= 0.6 is 11.3 Å². The zero-order valence-electron chi connectivity index (χ0n) is 10.9. The van der Waals surface area contributed by atoms with Crippen molar-refractivity contribution in [1.29, 1.82) is 0 Å². The van der Waals surface area contributed by atoms with Gasteiger partial charge in [-0.15, -0.1) is 11.3 Å². The largest absolute Gasteiger partial charge is 0.481 e. The van der Waals surface area contributed by atoms with Gasteiger partial charge in [0.25, 0.3) is 5.91 Å². The molecule has 0 spiro atoms. The highest BCUT2D eigenvalue weighted by molar-refractivity contribution is 7.09. The molecule has 0 aliphatic heterocycles. The smallest absolute Gasteiger partial charge is 0.305 e. The zero-order valence-corrected chi connectivity index (χ0v) is 11.7. The first-order valence-corrected chi connectivity index (χ1v) is 6.97. The first-order chi connectivity index (χ1) is 9.56. The summed E-state index contributed by atoms with van der Waals surface area (Å²) in [6, 6.07) is 7.13. The van der Waals surface area contributed by atoms with E-state index in [2.05, 4.69) is 10.3 Å². The maximum atomic E-state index is 11.9. The lowest BCUT2D eigenvalue weighted by Crippen LogP contribution is -2.25. The molecule has 0 unspecified atom stereocenters. The van der Waals surface area contributed by atoms with Crippen LogP contribution in [0.4, 0.5) is 0 Å². The second-order valence-electron chi connectivity index (χ2n) is 4.23. The number of aryl methyl sites for hydroxylation is 1. The molecule has 1 aromatic heterocycles. The predicted octanol–water partition coefficient (Wildman–Crippen LogP) is 2.32. The average Bonchev–Trinajstić information content (AvgIpc) is 2.85. The summed E-state index contributed by atoms with van der Waals surface area (Å²) in [4.78, 5) is 26.7. The first kappa shape index (κ1) is 14.2. The summed E-state index contributed by atoms with van der Waals surface area (Å²) in [5.74, 6) is -1.21. The fourth-order valence-corrected chi connectivity index (χ4v) is 2.32. The Morgan fingerprint density at radius 3 is 2.85 bits per heavy atom. The van der Waals surface area contributed by atoms with Crippen molar-refractivity contribution < 1.29 is 14.7 Å². The van der Waals surface area contributed by atoms with Gasteiger partial charge in [-0.25, -0.2) is 4.98 Å². The lowest BCUT2D eigenvalue weighted by molar-refractivity contribution is -0.136. The molecule has 0 aliphatic carbocycles. The van der Waals surface area contributed by atoms with E-state index in [1.165, 1.54) is 0 Å². The zero-order chi connectivity index (χ0) is 14.5. The molecule has 0 saturated heterocycles. The standard InChI is InChI=1S/C14H14N2O3S/c1-9-16-12(8-20-9)10-3-2-4-11(7-10)14(19)15-6-5-13(17)18/h2-4,7-8H,5-6H2,1H3,(H,15,19)(H,17,18). The minimum absolute atomic E-state index is 0.0866. The average molecular weight is 290 g/mol. The molecule has 6 heteroatoms. The van der Waals surface area contributed by atoms with E-state index in [4.69, 9.17) is 5.11 Å². The molecule has 2 rings (SSSR count). The monoisotopic (exact) mass is 290 g/mol. The molecular weight excluding hydrogens is 276 g/mol. The number of hydrogen-bond donors (Lipinski definition) is 2. The first-order valence-electron chi connectivity index (χ1n) is 6.09.